The van der Waals surface area contributed by atoms with Crippen LogP contribution in [0.2, 0.25) is 0 Å². The first-order valence-electron chi connectivity index (χ1n) is 8.91. The topological polar surface area (TPSA) is 50.2 Å². The second-order valence-corrected chi connectivity index (χ2v) is 6.80. The first-order valence-corrected chi connectivity index (χ1v) is 8.91. The molecule has 0 spiro atoms. The highest BCUT2D eigenvalue weighted by atomic mass is 16.2. The molecule has 3 heterocycles. The van der Waals surface area contributed by atoms with Gasteiger partial charge in [-0.15, -0.1) is 0 Å². The predicted molar refractivity (Wildman–Crippen MR) is 92.6 cm³/mol. The molecule has 2 aliphatic heterocycles. The highest BCUT2D eigenvalue weighted by molar-refractivity contribution is 5.83. The Kier molecular flexibility index (Phi) is 4.34. The van der Waals surface area contributed by atoms with Gasteiger partial charge in [-0.25, -0.2) is 0 Å². The monoisotopic (exact) mass is 324 g/mol. The summed E-state index contributed by atoms with van der Waals surface area (Å²) in [5.74, 6) is 0.0438. The molecular formula is C19H24N4O. The highest BCUT2D eigenvalue weighted by Gasteiger charge is 2.37. The van der Waals surface area contributed by atoms with Gasteiger partial charge in [-0.3, -0.25) is 14.4 Å². The summed E-state index contributed by atoms with van der Waals surface area (Å²) in [6, 6.07) is 12.1. The number of rotatable bonds is 4. The van der Waals surface area contributed by atoms with Crippen LogP contribution >= 0.6 is 0 Å². The lowest BCUT2D eigenvalue weighted by Gasteiger charge is -2.33. The number of carbonyl (C=O) groups excluding carboxylic acids is 1. The van der Waals surface area contributed by atoms with Crippen molar-refractivity contribution in [2.45, 2.75) is 43.8 Å². The Bertz CT molecular complexity index is 670. The van der Waals surface area contributed by atoms with Gasteiger partial charge in [0.2, 0.25) is 5.91 Å². The molecule has 3 atom stereocenters. The molecule has 24 heavy (non-hydrogen) atoms. The molecule has 2 aromatic rings. The molecule has 126 valence electrons. The summed E-state index contributed by atoms with van der Waals surface area (Å²) in [4.78, 5) is 15.6. The Morgan fingerprint density at radius 2 is 2.00 bits per heavy atom. The van der Waals surface area contributed by atoms with Crippen molar-refractivity contribution in [1.82, 2.24) is 20.0 Å². The second-order valence-electron chi connectivity index (χ2n) is 6.80. The van der Waals surface area contributed by atoms with Crippen LogP contribution in [0.4, 0.5) is 0 Å². The van der Waals surface area contributed by atoms with E-state index in [1.807, 2.05) is 42.6 Å². The van der Waals surface area contributed by atoms with Crippen LogP contribution in [-0.2, 0) is 4.79 Å². The van der Waals surface area contributed by atoms with Gasteiger partial charge in [0.25, 0.3) is 0 Å². The average Bonchev–Trinajstić information content (AvgIpc) is 3.27. The summed E-state index contributed by atoms with van der Waals surface area (Å²) in [6.45, 7) is 2.28. The van der Waals surface area contributed by atoms with Crippen molar-refractivity contribution >= 4 is 5.91 Å². The number of piperidine rings is 1. The molecule has 4 rings (SSSR count). The lowest BCUT2D eigenvalue weighted by Crippen LogP contribution is -2.48. The molecule has 0 unspecified atom stereocenters. The van der Waals surface area contributed by atoms with Crippen LogP contribution < -0.4 is 5.32 Å². The number of aromatic nitrogens is 2. The summed E-state index contributed by atoms with van der Waals surface area (Å²) in [5, 5.41) is 7.64. The average molecular weight is 324 g/mol. The zero-order valence-electron chi connectivity index (χ0n) is 13.8. The van der Waals surface area contributed by atoms with Crippen molar-refractivity contribution in [3.8, 4) is 0 Å². The van der Waals surface area contributed by atoms with Gasteiger partial charge >= 0.3 is 0 Å². The minimum absolute atomic E-state index is 0.0438. The minimum atomic E-state index is -0.404. The molecule has 1 amide bonds. The summed E-state index contributed by atoms with van der Waals surface area (Å²) < 4.78 is 1.75. The molecular weight excluding hydrogens is 300 g/mol. The molecule has 0 bridgehead atoms. The van der Waals surface area contributed by atoms with Crippen LogP contribution in [0.25, 0.3) is 0 Å². The van der Waals surface area contributed by atoms with E-state index in [0.29, 0.717) is 6.04 Å². The zero-order valence-corrected chi connectivity index (χ0v) is 13.8. The number of nitrogens with one attached hydrogen (secondary N) is 1. The van der Waals surface area contributed by atoms with Crippen molar-refractivity contribution in [2.75, 3.05) is 13.1 Å². The third-order valence-corrected chi connectivity index (χ3v) is 5.34. The fraction of sp³-hybridized carbons (Fsp3) is 0.474. The molecule has 1 aromatic heterocycles. The molecule has 5 nitrogen and oxygen atoms in total. The zero-order chi connectivity index (χ0) is 16.4. The predicted octanol–water partition coefficient (Wildman–Crippen LogP) is 2.22. The summed E-state index contributed by atoms with van der Waals surface area (Å²) in [7, 11) is 0. The minimum Gasteiger partial charge on any atom is -0.350 e. The Balaban J connectivity index is 1.54. The maximum atomic E-state index is 13.1. The van der Waals surface area contributed by atoms with Crippen molar-refractivity contribution in [2.24, 2.45) is 0 Å². The van der Waals surface area contributed by atoms with E-state index in [-0.39, 0.29) is 11.9 Å². The third-order valence-electron chi connectivity index (χ3n) is 5.34. The van der Waals surface area contributed by atoms with E-state index in [4.69, 9.17) is 0 Å². The first kappa shape index (κ1) is 15.4. The molecule has 0 radical (unpaired) electrons. The van der Waals surface area contributed by atoms with E-state index >= 15 is 0 Å². The van der Waals surface area contributed by atoms with E-state index in [0.717, 1.165) is 18.5 Å². The second kappa shape index (κ2) is 6.77. The van der Waals surface area contributed by atoms with Gasteiger partial charge in [-0.1, -0.05) is 36.8 Å². The standard InChI is InChI=1S/C19H24N4O/c24-19(21-16-10-14-22-12-5-4-9-17(16)22)18(23-13-6-11-20-23)15-7-2-1-3-8-15/h1-3,6-8,11,13,16-18H,4-5,9-10,12,14H2,(H,21,24)/t16-,17-,18-/m1/s1. The number of amides is 1. The Labute approximate surface area is 142 Å². The molecule has 0 aliphatic carbocycles. The van der Waals surface area contributed by atoms with E-state index in [2.05, 4.69) is 15.3 Å². The highest BCUT2D eigenvalue weighted by Crippen LogP contribution is 2.28. The molecule has 2 saturated heterocycles. The van der Waals surface area contributed by atoms with E-state index in [9.17, 15) is 4.79 Å². The number of fused-ring (bicyclic) bond motifs is 1. The van der Waals surface area contributed by atoms with Crippen LogP contribution in [0.5, 0.6) is 0 Å². The van der Waals surface area contributed by atoms with Gasteiger partial charge < -0.3 is 5.32 Å². The number of hydrogen-bond donors (Lipinski definition) is 1. The normalized spacial score (nSPS) is 25.2. The van der Waals surface area contributed by atoms with Gasteiger partial charge in [0, 0.05) is 31.0 Å². The molecule has 1 N–H and O–H groups in total. The Morgan fingerprint density at radius 1 is 1.12 bits per heavy atom. The van der Waals surface area contributed by atoms with E-state index < -0.39 is 6.04 Å². The maximum absolute atomic E-state index is 13.1. The summed E-state index contributed by atoms with van der Waals surface area (Å²) in [6.07, 6.45) is 8.39. The van der Waals surface area contributed by atoms with Crippen LogP contribution in [0, 0.1) is 0 Å². The number of nitrogens with zero attached hydrogens (tertiary/aromatic N) is 3. The molecule has 5 heteroatoms. The van der Waals surface area contributed by atoms with Crippen LogP contribution in [-0.4, -0.2) is 45.8 Å². The SMILES string of the molecule is O=C(N[C@@H]1CCN2CCCC[C@H]12)[C@@H](c1ccccc1)n1cccn1. The fourth-order valence-corrected chi connectivity index (χ4v) is 4.17. The van der Waals surface area contributed by atoms with E-state index in [1.165, 1.54) is 25.8 Å². The van der Waals surface area contributed by atoms with Gasteiger partial charge in [0.15, 0.2) is 6.04 Å². The number of benzene rings is 1. The number of hydrogen-bond acceptors (Lipinski definition) is 3. The quantitative estimate of drug-likeness (QED) is 0.938. The summed E-state index contributed by atoms with van der Waals surface area (Å²) in [5.41, 5.74) is 0.970. The number of carbonyl (C=O) groups is 1. The lowest BCUT2D eigenvalue weighted by molar-refractivity contribution is -0.124. The van der Waals surface area contributed by atoms with Crippen molar-refractivity contribution < 1.29 is 4.79 Å². The van der Waals surface area contributed by atoms with Gasteiger partial charge in [0.05, 0.1) is 0 Å². The van der Waals surface area contributed by atoms with E-state index in [1.54, 1.807) is 10.9 Å². The molecule has 2 aliphatic rings. The molecule has 1 aromatic carbocycles. The van der Waals surface area contributed by atoms with Gasteiger partial charge in [0.1, 0.15) is 0 Å². The van der Waals surface area contributed by atoms with Crippen molar-refractivity contribution in [3.63, 3.8) is 0 Å². The smallest absolute Gasteiger partial charge is 0.249 e. The van der Waals surface area contributed by atoms with Gasteiger partial charge in [-0.2, -0.15) is 5.10 Å². The Hall–Kier alpha value is -2.14. The largest absolute Gasteiger partial charge is 0.350 e. The van der Waals surface area contributed by atoms with Crippen LogP contribution in [0.3, 0.4) is 0 Å². The molecule has 0 saturated carbocycles. The van der Waals surface area contributed by atoms with Gasteiger partial charge in [-0.05, 0) is 37.4 Å². The Morgan fingerprint density at radius 3 is 2.79 bits per heavy atom. The lowest BCUT2D eigenvalue weighted by atomic mass is 9.98. The van der Waals surface area contributed by atoms with Crippen LogP contribution in [0.15, 0.2) is 48.8 Å². The maximum Gasteiger partial charge on any atom is 0.249 e. The fourth-order valence-electron chi connectivity index (χ4n) is 4.17. The first-order chi connectivity index (χ1) is 11.8. The van der Waals surface area contributed by atoms with Crippen LogP contribution in [0.1, 0.15) is 37.3 Å². The van der Waals surface area contributed by atoms with Crippen molar-refractivity contribution in [1.29, 1.82) is 0 Å². The third kappa shape index (κ3) is 2.96. The molecule has 2 fully saturated rings. The summed E-state index contributed by atoms with van der Waals surface area (Å²) >= 11 is 0. The van der Waals surface area contributed by atoms with Crippen molar-refractivity contribution in [3.05, 3.63) is 54.4 Å².